The monoisotopic (exact) mass is 368 g/mol. The van der Waals surface area contributed by atoms with Gasteiger partial charge in [0.25, 0.3) is 5.91 Å². The molecule has 0 bridgehead atoms. The molecular weight excluding hydrogens is 349 g/mol. The summed E-state index contributed by atoms with van der Waals surface area (Å²) < 4.78 is 49.8. The van der Waals surface area contributed by atoms with E-state index in [1.54, 1.807) is 26.0 Å². The van der Waals surface area contributed by atoms with Crippen molar-refractivity contribution in [1.29, 1.82) is 0 Å². The van der Waals surface area contributed by atoms with Crippen LogP contribution in [-0.4, -0.2) is 23.4 Å². The molecule has 26 heavy (non-hydrogen) atoms. The minimum atomic E-state index is -4.35. The number of benzene rings is 1. The standard InChI is InChI=1S/C18H19F3N2O3/c1-10-6-14(12(3)23(10)8-18(19,20)21)17(24)22-11(2)13-4-5-15-16(7-13)26-9-25-15/h4-7,11H,8-9H2,1-3H3,(H,22,24)/t11-/m1/s1. The second-order valence-electron chi connectivity index (χ2n) is 6.29. The van der Waals surface area contributed by atoms with E-state index < -0.39 is 18.6 Å². The second-order valence-corrected chi connectivity index (χ2v) is 6.29. The first-order valence-electron chi connectivity index (χ1n) is 8.09. The van der Waals surface area contributed by atoms with E-state index in [-0.39, 0.29) is 24.1 Å². The summed E-state index contributed by atoms with van der Waals surface area (Å²) in [7, 11) is 0. The highest BCUT2D eigenvalue weighted by Crippen LogP contribution is 2.34. The van der Waals surface area contributed by atoms with Crippen molar-refractivity contribution in [2.75, 3.05) is 6.79 Å². The molecule has 1 aromatic heterocycles. The number of fused-ring (bicyclic) bond motifs is 1. The second kappa shape index (κ2) is 6.59. The van der Waals surface area contributed by atoms with Gasteiger partial charge in [0, 0.05) is 11.4 Å². The Kier molecular flexibility index (Phi) is 4.60. The molecule has 0 aliphatic carbocycles. The maximum absolute atomic E-state index is 12.7. The van der Waals surface area contributed by atoms with Crippen LogP contribution < -0.4 is 14.8 Å². The Morgan fingerprint density at radius 2 is 1.92 bits per heavy atom. The van der Waals surface area contributed by atoms with Gasteiger partial charge in [-0.05, 0) is 44.5 Å². The van der Waals surface area contributed by atoms with Crippen LogP contribution in [0.15, 0.2) is 24.3 Å². The molecule has 5 nitrogen and oxygen atoms in total. The number of rotatable bonds is 4. The summed E-state index contributed by atoms with van der Waals surface area (Å²) in [5.74, 6) is 0.826. The number of carbonyl (C=O) groups is 1. The largest absolute Gasteiger partial charge is 0.454 e. The lowest BCUT2D eigenvalue weighted by Gasteiger charge is -2.15. The minimum Gasteiger partial charge on any atom is -0.454 e. The number of hydrogen-bond donors (Lipinski definition) is 1. The van der Waals surface area contributed by atoms with Gasteiger partial charge in [-0.3, -0.25) is 4.79 Å². The highest BCUT2D eigenvalue weighted by atomic mass is 19.4. The predicted octanol–water partition coefficient (Wildman–Crippen LogP) is 3.89. The molecule has 140 valence electrons. The third-order valence-corrected chi connectivity index (χ3v) is 4.40. The summed E-state index contributed by atoms with van der Waals surface area (Å²) in [5.41, 5.74) is 1.72. The molecule has 0 spiro atoms. The van der Waals surface area contributed by atoms with Crippen molar-refractivity contribution >= 4 is 5.91 Å². The molecule has 2 heterocycles. The highest BCUT2D eigenvalue weighted by Gasteiger charge is 2.30. The maximum Gasteiger partial charge on any atom is 0.406 e. The van der Waals surface area contributed by atoms with Crippen molar-refractivity contribution in [2.24, 2.45) is 0 Å². The Morgan fingerprint density at radius 3 is 2.62 bits per heavy atom. The third kappa shape index (κ3) is 3.63. The fourth-order valence-electron chi connectivity index (χ4n) is 2.99. The van der Waals surface area contributed by atoms with Crippen molar-refractivity contribution in [3.05, 3.63) is 46.8 Å². The molecule has 0 saturated carbocycles. The zero-order valence-corrected chi connectivity index (χ0v) is 14.6. The van der Waals surface area contributed by atoms with Crippen LogP contribution in [0, 0.1) is 13.8 Å². The quantitative estimate of drug-likeness (QED) is 0.891. The molecule has 0 saturated heterocycles. The molecule has 8 heteroatoms. The highest BCUT2D eigenvalue weighted by molar-refractivity contribution is 5.96. The van der Waals surface area contributed by atoms with Crippen molar-refractivity contribution in [1.82, 2.24) is 9.88 Å². The summed E-state index contributed by atoms with van der Waals surface area (Å²) in [5, 5.41) is 2.82. The third-order valence-electron chi connectivity index (χ3n) is 4.40. The van der Waals surface area contributed by atoms with Gasteiger partial charge in [-0.1, -0.05) is 6.07 Å². The normalized spacial score (nSPS) is 14.4. The van der Waals surface area contributed by atoms with Gasteiger partial charge in [0.1, 0.15) is 6.54 Å². The van der Waals surface area contributed by atoms with Crippen LogP contribution in [0.3, 0.4) is 0 Å². The van der Waals surface area contributed by atoms with Crippen LogP contribution in [-0.2, 0) is 6.54 Å². The molecule has 1 aliphatic heterocycles. The van der Waals surface area contributed by atoms with Crippen LogP contribution in [0.2, 0.25) is 0 Å². The molecule has 2 aromatic rings. The van der Waals surface area contributed by atoms with Gasteiger partial charge >= 0.3 is 6.18 Å². The molecule has 1 atom stereocenters. The average Bonchev–Trinajstić information content (AvgIpc) is 3.12. The molecule has 0 radical (unpaired) electrons. The number of ether oxygens (including phenoxy) is 2. The molecular formula is C18H19F3N2O3. The first kappa shape index (κ1) is 18.2. The van der Waals surface area contributed by atoms with Crippen LogP contribution >= 0.6 is 0 Å². The Balaban J connectivity index is 1.77. The lowest BCUT2D eigenvalue weighted by atomic mass is 10.1. The predicted molar refractivity (Wildman–Crippen MR) is 88.4 cm³/mol. The van der Waals surface area contributed by atoms with Crippen LogP contribution in [0.4, 0.5) is 13.2 Å². The van der Waals surface area contributed by atoms with Gasteiger partial charge in [0.15, 0.2) is 11.5 Å². The first-order valence-corrected chi connectivity index (χ1v) is 8.09. The van der Waals surface area contributed by atoms with E-state index in [2.05, 4.69) is 5.32 Å². The van der Waals surface area contributed by atoms with Gasteiger partial charge in [-0.25, -0.2) is 0 Å². The molecule has 1 amide bonds. The number of aryl methyl sites for hydroxylation is 1. The number of hydrogen-bond acceptors (Lipinski definition) is 3. The number of nitrogens with one attached hydrogen (secondary N) is 1. The zero-order chi connectivity index (χ0) is 19.1. The van der Waals surface area contributed by atoms with E-state index in [9.17, 15) is 18.0 Å². The van der Waals surface area contributed by atoms with Crippen molar-refractivity contribution < 1.29 is 27.4 Å². The van der Waals surface area contributed by atoms with Crippen molar-refractivity contribution in [3.8, 4) is 11.5 Å². The summed E-state index contributed by atoms with van der Waals surface area (Å²) in [6.45, 7) is 3.90. The van der Waals surface area contributed by atoms with Crippen molar-refractivity contribution in [3.63, 3.8) is 0 Å². The fraction of sp³-hybridized carbons (Fsp3) is 0.389. The molecule has 1 aromatic carbocycles. The summed E-state index contributed by atoms with van der Waals surface area (Å²) in [4.78, 5) is 12.6. The van der Waals surface area contributed by atoms with E-state index in [1.807, 2.05) is 6.07 Å². The zero-order valence-electron chi connectivity index (χ0n) is 14.6. The number of amides is 1. The Hall–Kier alpha value is -2.64. The van der Waals surface area contributed by atoms with E-state index in [1.165, 1.54) is 13.0 Å². The molecule has 0 fully saturated rings. The Bertz CT molecular complexity index is 843. The summed E-state index contributed by atoms with van der Waals surface area (Å²) >= 11 is 0. The minimum absolute atomic E-state index is 0.157. The van der Waals surface area contributed by atoms with Gasteiger partial charge < -0.3 is 19.4 Å². The van der Waals surface area contributed by atoms with Crippen LogP contribution in [0.25, 0.3) is 0 Å². The van der Waals surface area contributed by atoms with Gasteiger partial charge in [-0.2, -0.15) is 13.2 Å². The molecule has 1 N–H and O–H groups in total. The first-order chi connectivity index (χ1) is 12.2. The van der Waals surface area contributed by atoms with E-state index in [0.29, 0.717) is 17.2 Å². The van der Waals surface area contributed by atoms with Crippen molar-refractivity contribution in [2.45, 2.75) is 39.5 Å². The smallest absolute Gasteiger partial charge is 0.406 e. The topological polar surface area (TPSA) is 52.5 Å². The maximum atomic E-state index is 12.7. The van der Waals surface area contributed by atoms with Gasteiger partial charge in [-0.15, -0.1) is 0 Å². The lowest BCUT2D eigenvalue weighted by molar-refractivity contribution is -0.141. The van der Waals surface area contributed by atoms with E-state index in [4.69, 9.17) is 9.47 Å². The van der Waals surface area contributed by atoms with Crippen LogP contribution in [0.5, 0.6) is 11.5 Å². The Morgan fingerprint density at radius 1 is 1.23 bits per heavy atom. The van der Waals surface area contributed by atoms with Gasteiger partial charge in [0.05, 0.1) is 11.6 Å². The number of carbonyl (C=O) groups excluding carboxylic acids is 1. The van der Waals surface area contributed by atoms with Gasteiger partial charge in [0.2, 0.25) is 6.79 Å². The van der Waals surface area contributed by atoms with E-state index >= 15 is 0 Å². The molecule has 0 unspecified atom stereocenters. The lowest BCUT2D eigenvalue weighted by Crippen LogP contribution is -2.27. The number of halogens is 3. The summed E-state index contributed by atoms with van der Waals surface area (Å²) in [6.07, 6.45) is -4.35. The Labute approximate surface area is 148 Å². The van der Waals surface area contributed by atoms with Crippen LogP contribution in [0.1, 0.15) is 40.3 Å². The summed E-state index contributed by atoms with van der Waals surface area (Å²) in [6, 6.07) is 6.48. The molecule has 3 rings (SSSR count). The number of aromatic nitrogens is 1. The molecule has 1 aliphatic rings. The number of alkyl halides is 3. The van der Waals surface area contributed by atoms with E-state index in [0.717, 1.165) is 10.1 Å². The SMILES string of the molecule is Cc1cc(C(=O)N[C@H](C)c2ccc3c(c2)OCO3)c(C)n1CC(F)(F)F. The average molecular weight is 368 g/mol. The number of nitrogens with zero attached hydrogens (tertiary/aromatic N) is 1. The fourth-order valence-corrected chi connectivity index (χ4v) is 2.99.